The molecule has 132 valence electrons. The molecule has 6 heteroatoms. The first-order valence-corrected chi connectivity index (χ1v) is 9.26. The Morgan fingerprint density at radius 1 is 1.21 bits per heavy atom. The molecule has 1 aromatic carbocycles. The van der Waals surface area contributed by atoms with Gasteiger partial charge in [-0.05, 0) is 49.4 Å². The maximum atomic E-state index is 12.2. The second kappa shape index (κ2) is 8.62. The Bertz CT molecular complexity index is 598. The Morgan fingerprint density at radius 2 is 1.92 bits per heavy atom. The summed E-state index contributed by atoms with van der Waals surface area (Å²) in [7, 11) is 0. The molecule has 0 bridgehead atoms. The summed E-state index contributed by atoms with van der Waals surface area (Å²) in [6.07, 6.45) is 5.89. The van der Waals surface area contributed by atoms with Gasteiger partial charge in [0.05, 0.1) is 6.54 Å². The van der Waals surface area contributed by atoms with Gasteiger partial charge in [-0.2, -0.15) is 0 Å². The monoisotopic (exact) mass is 395 g/mol. The van der Waals surface area contributed by atoms with E-state index in [-0.39, 0.29) is 23.8 Å². The summed E-state index contributed by atoms with van der Waals surface area (Å²) in [4.78, 5) is 24.3. The number of carbonyl (C=O) groups is 2. The fraction of sp³-hybridized carbons (Fsp3) is 0.556. The Labute approximate surface area is 151 Å². The van der Waals surface area contributed by atoms with Crippen LogP contribution in [0.25, 0.3) is 0 Å². The van der Waals surface area contributed by atoms with E-state index in [0.29, 0.717) is 13.0 Å². The van der Waals surface area contributed by atoms with Gasteiger partial charge in [-0.3, -0.25) is 9.59 Å². The van der Waals surface area contributed by atoms with Crippen LogP contribution in [0.4, 0.5) is 5.69 Å². The topological polar surface area (TPSA) is 84.2 Å². The smallest absolute Gasteiger partial charge is 0.243 e. The average Bonchev–Trinajstić information content (AvgIpc) is 2.57. The molecule has 5 nitrogen and oxygen atoms in total. The van der Waals surface area contributed by atoms with Crippen LogP contribution in [0.2, 0.25) is 0 Å². The molecule has 0 radical (unpaired) electrons. The zero-order chi connectivity index (χ0) is 17.6. The van der Waals surface area contributed by atoms with Gasteiger partial charge in [-0.15, -0.1) is 0 Å². The zero-order valence-corrected chi connectivity index (χ0v) is 15.7. The summed E-state index contributed by atoms with van der Waals surface area (Å²) in [5.41, 5.74) is 7.55. The van der Waals surface area contributed by atoms with Crippen molar-refractivity contribution in [3.63, 3.8) is 0 Å². The van der Waals surface area contributed by atoms with Crippen LogP contribution in [0, 0.1) is 12.3 Å². The number of hydrogen-bond donors (Lipinski definition) is 3. The Hall–Kier alpha value is -1.40. The number of anilines is 1. The van der Waals surface area contributed by atoms with Crippen LogP contribution in [0.5, 0.6) is 0 Å². The third kappa shape index (κ3) is 5.31. The zero-order valence-electron chi connectivity index (χ0n) is 14.2. The average molecular weight is 396 g/mol. The summed E-state index contributed by atoms with van der Waals surface area (Å²) in [5.74, 6) is -0.321. The first-order chi connectivity index (χ1) is 11.4. The maximum Gasteiger partial charge on any atom is 0.243 e. The predicted octanol–water partition coefficient (Wildman–Crippen LogP) is 3.11. The molecule has 0 aromatic heterocycles. The van der Waals surface area contributed by atoms with Crippen LogP contribution in [-0.2, 0) is 9.59 Å². The van der Waals surface area contributed by atoms with Gasteiger partial charge < -0.3 is 16.4 Å². The molecule has 0 aliphatic heterocycles. The first-order valence-electron chi connectivity index (χ1n) is 8.47. The van der Waals surface area contributed by atoms with Gasteiger partial charge in [0.25, 0.3) is 0 Å². The van der Waals surface area contributed by atoms with Crippen molar-refractivity contribution in [3.8, 4) is 0 Å². The van der Waals surface area contributed by atoms with Crippen LogP contribution < -0.4 is 16.4 Å². The lowest BCUT2D eigenvalue weighted by Gasteiger charge is -2.35. The van der Waals surface area contributed by atoms with Gasteiger partial charge in [-0.25, -0.2) is 0 Å². The standard InChI is InChI=1S/C18H26BrN3O2/c1-13-5-6-14(19)9-15(13)22-17(24)11-21-16(23)10-18(12-20)7-3-2-4-8-18/h5-6,9H,2-4,7-8,10-12,20H2,1H3,(H,21,23)(H,22,24). The third-order valence-electron chi connectivity index (χ3n) is 4.80. The Morgan fingerprint density at radius 3 is 2.58 bits per heavy atom. The van der Waals surface area contributed by atoms with E-state index in [2.05, 4.69) is 26.6 Å². The molecule has 24 heavy (non-hydrogen) atoms. The van der Waals surface area contributed by atoms with Crippen molar-refractivity contribution < 1.29 is 9.59 Å². The molecule has 1 aliphatic carbocycles. The van der Waals surface area contributed by atoms with Gasteiger partial charge in [0, 0.05) is 16.6 Å². The highest BCUT2D eigenvalue weighted by molar-refractivity contribution is 9.10. The van der Waals surface area contributed by atoms with E-state index in [0.717, 1.165) is 41.4 Å². The van der Waals surface area contributed by atoms with Gasteiger partial charge in [-0.1, -0.05) is 41.3 Å². The molecule has 1 aliphatic rings. The summed E-state index contributed by atoms with van der Waals surface area (Å²) in [6, 6.07) is 5.69. The second-order valence-corrected chi connectivity index (χ2v) is 7.64. The molecule has 0 atom stereocenters. The van der Waals surface area contributed by atoms with Crippen molar-refractivity contribution in [2.45, 2.75) is 45.4 Å². The van der Waals surface area contributed by atoms with Crippen LogP contribution in [-0.4, -0.2) is 24.9 Å². The molecule has 0 heterocycles. The van der Waals surface area contributed by atoms with Gasteiger partial charge >= 0.3 is 0 Å². The molecule has 1 aromatic rings. The molecule has 4 N–H and O–H groups in total. The number of carbonyl (C=O) groups excluding carboxylic acids is 2. The number of halogens is 1. The molecule has 2 rings (SSSR count). The number of aryl methyl sites for hydroxylation is 1. The Balaban J connectivity index is 1.82. The molecule has 0 unspecified atom stereocenters. The van der Waals surface area contributed by atoms with Gasteiger partial charge in [0.2, 0.25) is 11.8 Å². The quantitative estimate of drug-likeness (QED) is 0.691. The first kappa shape index (κ1) is 18.9. The SMILES string of the molecule is Cc1ccc(Br)cc1NC(=O)CNC(=O)CC1(CN)CCCCC1. The van der Waals surface area contributed by atoms with Crippen LogP contribution in [0.1, 0.15) is 44.1 Å². The summed E-state index contributed by atoms with van der Waals surface area (Å²) >= 11 is 3.38. The lowest BCUT2D eigenvalue weighted by Crippen LogP contribution is -2.40. The summed E-state index contributed by atoms with van der Waals surface area (Å²) in [5, 5.41) is 5.55. The lowest BCUT2D eigenvalue weighted by atomic mass is 9.71. The third-order valence-corrected chi connectivity index (χ3v) is 5.30. The van der Waals surface area contributed by atoms with E-state index in [9.17, 15) is 9.59 Å². The highest BCUT2D eigenvalue weighted by atomic mass is 79.9. The van der Waals surface area contributed by atoms with Crippen molar-refractivity contribution in [2.24, 2.45) is 11.1 Å². The Kier molecular flexibility index (Phi) is 6.80. The van der Waals surface area contributed by atoms with Crippen molar-refractivity contribution >= 4 is 33.4 Å². The van der Waals surface area contributed by atoms with E-state index >= 15 is 0 Å². The second-order valence-electron chi connectivity index (χ2n) is 6.73. The van der Waals surface area contributed by atoms with E-state index < -0.39 is 0 Å². The van der Waals surface area contributed by atoms with E-state index in [1.54, 1.807) is 0 Å². The number of amides is 2. The fourth-order valence-corrected chi connectivity index (χ4v) is 3.62. The molecular weight excluding hydrogens is 370 g/mol. The summed E-state index contributed by atoms with van der Waals surface area (Å²) in [6.45, 7) is 2.43. The molecule has 1 fully saturated rings. The number of nitrogens with one attached hydrogen (secondary N) is 2. The molecule has 2 amide bonds. The minimum atomic E-state index is -0.227. The molecule has 0 spiro atoms. The highest BCUT2D eigenvalue weighted by Gasteiger charge is 2.32. The molecule has 0 saturated heterocycles. The van der Waals surface area contributed by atoms with Crippen molar-refractivity contribution in [2.75, 3.05) is 18.4 Å². The number of rotatable bonds is 6. The maximum absolute atomic E-state index is 12.2. The van der Waals surface area contributed by atoms with Gasteiger partial charge in [0.1, 0.15) is 0 Å². The van der Waals surface area contributed by atoms with E-state index in [4.69, 9.17) is 5.73 Å². The van der Waals surface area contributed by atoms with Gasteiger partial charge in [0.15, 0.2) is 0 Å². The number of nitrogens with two attached hydrogens (primary N) is 1. The minimum absolute atomic E-state index is 0.0224. The minimum Gasteiger partial charge on any atom is -0.347 e. The number of hydrogen-bond acceptors (Lipinski definition) is 3. The van der Waals surface area contributed by atoms with E-state index in [1.165, 1.54) is 6.42 Å². The largest absolute Gasteiger partial charge is 0.347 e. The molecular formula is C18H26BrN3O2. The highest BCUT2D eigenvalue weighted by Crippen LogP contribution is 2.38. The predicted molar refractivity (Wildman–Crippen MR) is 99.7 cm³/mol. The van der Waals surface area contributed by atoms with Crippen LogP contribution in [0.15, 0.2) is 22.7 Å². The van der Waals surface area contributed by atoms with Crippen molar-refractivity contribution in [3.05, 3.63) is 28.2 Å². The van der Waals surface area contributed by atoms with Crippen molar-refractivity contribution in [1.82, 2.24) is 5.32 Å². The van der Waals surface area contributed by atoms with E-state index in [1.807, 2.05) is 25.1 Å². The summed E-state index contributed by atoms with van der Waals surface area (Å²) < 4.78 is 0.898. The lowest BCUT2D eigenvalue weighted by molar-refractivity contribution is -0.126. The normalized spacial score (nSPS) is 16.5. The van der Waals surface area contributed by atoms with Crippen molar-refractivity contribution in [1.29, 1.82) is 0 Å². The number of benzene rings is 1. The van der Waals surface area contributed by atoms with Crippen LogP contribution >= 0.6 is 15.9 Å². The van der Waals surface area contributed by atoms with Crippen LogP contribution in [0.3, 0.4) is 0 Å². The molecule has 1 saturated carbocycles. The fourth-order valence-electron chi connectivity index (χ4n) is 3.26.